The number of hydrogen-bond donors (Lipinski definition) is 1. The Kier molecular flexibility index (Phi) is 4.94. The van der Waals surface area contributed by atoms with E-state index >= 15 is 0 Å². The lowest BCUT2D eigenvalue weighted by molar-refractivity contribution is 0.0985. The van der Waals surface area contributed by atoms with Crippen molar-refractivity contribution < 1.29 is 18.7 Å². The normalized spacial score (nSPS) is 12.5. The zero-order chi connectivity index (χ0) is 20.5. The Labute approximate surface area is 171 Å². The number of amides is 2. The van der Waals surface area contributed by atoms with E-state index in [-0.39, 0.29) is 10.9 Å². The summed E-state index contributed by atoms with van der Waals surface area (Å²) in [6.07, 6.45) is 0. The fraction of sp³-hybridized carbons (Fsp3) is 0.0909. The summed E-state index contributed by atoms with van der Waals surface area (Å²) in [5, 5.41) is 2.59. The number of para-hydroxylation sites is 1. The first kappa shape index (κ1) is 19.0. The van der Waals surface area contributed by atoms with Crippen molar-refractivity contribution in [3.05, 3.63) is 82.6 Å². The van der Waals surface area contributed by atoms with Crippen LogP contribution in [0.1, 0.15) is 27.6 Å². The number of nitrogens with zero attached hydrogens (tertiary/aromatic N) is 1. The molecule has 1 aliphatic rings. The number of rotatable bonds is 3. The van der Waals surface area contributed by atoms with Crippen LogP contribution in [0.25, 0.3) is 0 Å². The van der Waals surface area contributed by atoms with Gasteiger partial charge in [-0.25, -0.2) is 4.39 Å². The quantitative estimate of drug-likeness (QED) is 0.619. The fourth-order valence-electron chi connectivity index (χ4n) is 3.15. The maximum Gasteiger partial charge on any atom is 0.262 e. The summed E-state index contributed by atoms with van der Waals surface area (Å²) in [6, 6.07) is 15.8. The molecule has 0 radical (unpaired) electrons. The largest absolute Gasteiger partial charge is 0.454 e. The van der Waals surface area contributed by atoms with Crippen molar-refractivity contribution in [3.8, 4) is 11.5 Å². The Morgan fingerprint density at radius 2 is 1.90 bits per heavy atom. The van der Waals surface area contributed by atoms with E-state index in [1.54, 1.807) is 47.4 Å². The fourth-order valence-corrected chi connectivity index (χ4v) is 3.33. The van der Waals surface area contributed by atoms with Crippen LogP contribution in [-0.2, 0) is 0 Å². The summed E-state index contributed by atoms with van der Waals surface area (Å²) in [4.78, 5) is 27.2. The van der Waals surface area contributed by atoms with Gasteiger partial charge in [0.25, 0.3) is 11.8 Å². The van der Waals surface area contributed by atoms with Crippen molar-refractivity contribution in [3.63, 3.8) is 0 Å². The number of fused-ring (bicyclic) bond motifs is 2. The van der Waals surface area contributed by atoms with Crippen LogP contribution >= 0.6 is 11.6 Å². The van der Waals surface area contributed by atoms with Crippen LogP contribution in [-0.4, -0.2) is 18.4 Å². The van der Waals surface area contributed by atoms with E-state index in [4.69, 9.17) is 16.3 Å². The highest BCUT2D eigenvalue weighted by Gasteiger charge is 2.27. The minimum atomic E-state index is -0.566. The summed E-state index contributed by atoms with van der Waals surface area (Å²) in [5.41, 5.74) is 1.64. The van der Waals surface area contributed by atoms with E-state index in [0.29, 0.717) is 40.5 Å². The standard InChI is InChI=1S/C22H16ClFN2O3/c1-2-26-18-11-13(21(27)25-14-8-9-17(24)16(23)12-14)7-10-20(18)29-19-6-4-3-5-15(19)22(26)28/h3-12H,2H2,1H3,(H,25,27). The Morgan fingerprint density at radius 1 is 1.10 bits per heavy atom. The smallest absolute Gasteiger partial charge is 0.262 e. The van der Waals surface area contributed by atoms with Crippen LogP contribution in [0.15, 0.2) is 60.7 Å². The number of nitrogens with one attached hydrogen (secondary N) is 1. The van der Waals surface area contributed by atoms with Gasteiger partial charge in [0.2, 0.25) is 0 Å². The molecule has 4 rings (SSSR count). The van der Waals surface area contributed by atoms with Crippen molar-refractivity contribution in [2.75, 3.05) is 16.8 Å². The molecule has 3 aromatic carbocycles. The number of ether oxygens (including phenoxy) is 1. The summed E-state index contributed by atoms with van der Waals surface area (Å²) in [7, 11) is 0. The molecule has 0 saturated heterocycles. The highest BCUT2D eigenvalue weighted by molar-refractivity contribution is 6.31. The third-order valence-electron chi connectivity index (χ3n) is 4.59. The molecule has 0 bridgehead atoms. The maximum atomic E-state index is 13.3. The molecule has 0 fully saturated rings. The first-order valence-corrected chi connectivity index (χ1v) is 9.35. The highest BCUT2D eigenvalue weighted by atomic mass is 35.5. The van der Waals surface area contributed by atoms with E-state index in [0.717, 1.165) is 0 Å². The SMILES string of the molecule is CCN1C(=O)c2ccccc2Oc2ccc(C(=O)Nc3ccc(F)c(Cl)c3)cc21. The second-order valence-corrected chi connectivity index (χ2v) is 6.82. The molecular formula is C22H16ClFN2O3. The second-order valence-electron chi connectivity index (χ2n) is 6.41. The topological polar surface area (TPSA) is 58.6 Å². The molecule has 5 nitrogen and oxygen atoms in total. The lowest BCUT2D eigenvalue weighted by Crippen LogP contribution is -2.30. The molecule has 0 unspecified atom stereocenters. The van der Waals surface area contributed by atoms with Crippen molar-refractivity contribution in [2.45, 2.75) is 6.92 Å². The minimum absolute atomic E-state index is 0.0846. The molecule has 0 aromatic heterocycles. The van der Waals surface area contributed by atoms with Crippen molar-refractivity contribution >= 4 is 34.8 Å². The summed E-state index contributed by atoms with van der Waals surface area (Å²) < 4.78 is 19.3. The number of carbonyl (C=O) groups is 2. The van der Waals surface area contributed by atoms with Gasteiger partial charge >= 0.3 is 0 Å². The predicted octanol–water partition coefficient (Wildman–Crippen LogP) is 5.50. The number of benzene rings is 3. The van der Waals surface area contributed by atoms with Gasteiger partial charge in [0.15, 0.2) is 5.75 Å². The van der Waals surface area contributed by atoms with Crippen LogP contribution in [0.4, 0.5) is 15.8 Å². The van der Waals surface area contributed by atoms with Crippen LogP contribution in [0.3, 0.4) is 0 Å². The van der Waals surface area contributed by atoms with Gasteiger partial charge in [-0.1, -0.05) is 23.7 Å². The zero-order valence-corrected chi connectivity index (χ0v) is 16.2. The van der Waals surface area contributed by atoms with E-state index in [1.807, 2.05) is 6.92 Å². The molecular weight excluding hydrogens is 395 g/mol. The second kappa shape index (κ2) is 7.56. The van der Waals surface area contributed by atoms with Crippen LogP contribution in [0.2, 0.25) is 5.02 Å². The molecule has 1 N–H and O–H groups in total. The molecule has 3 aromatic rings. The summed E-state index contributed by atoms with van der Waals surface area (Å²) in [6.45, 7) is 2.26. The number of halogens is 2. The Balaban J connectivity index is 1.69. The zero-order valence-electron chi connectivity index (χ0n) is 15.4. The van der Waals surface area contributed by atoms with Crippen LogP contribution in [0, 0.1) is 5.82 Å². The van der Waals surface area contributed by atoms with E-state index < -0.39 is 11.7 Å². The molecule has 0 atom stereocenters. The molecule has 7 heteroatoms. The van der Waals surface area contributed by atoms with Crippen LogP contribution < -0.4 is 15.0 Å². The number of hydrogen-bond acceptors (Lipinski definition) is 3. The predicted molar refractivity (Wildman–Crippen MR) is 110 cm³/mol. The monoisotopic (exact) mass is 410 g/mol. The van der Waals surface area contributed by atoms with Gasteiger partial charge in [-0.3, -0.25) is 9.59 Å². The number of anilines is 2. The Bertz CT molecular complexity index is 1130. The van der Waals surface area contributed by atoms with Gasteiger partial charge in [-0.05, 0) is 55.5 Å². The summed E-state index contributed by atoms with van der Waals surface area (Å²) >= 11 is 5.77. The molecule has 146 valence electrons. The summed E-state index contributed by atoms with van der Waals surface area (Å²) in [5.74, 6) is -0.242. The van der Waals surface area contributed by atoms with Gasteiger partial charge in [-0.2, -0.15) is 0 Å². The van der Waals surface area contributed by atoms with Gasteiger partial charge < -0.3 is 15.0 Å². The maximum absolute atomic E-state index is 13.3. The van der Waals surface area contributed by atoms with E-state index in [9.17, 15) is 14.0 Å². The Hall–Kier alpha value is -3.38. The third kappa shape index (κ3) is 3.54. The molecule has 1 heterocycles. The van der Waals surface area contributed by atoms with Crippen molar-refractivity contribution in [2.24, 2.45) is 0 Å². The molecule has 0 spiro atoms. The third-order valence-corrected chi connectivity index (χ3v) is 4.88. The molecule has 2 amide bonds. The lowest BCUT2D eigenvalue weighted by atomic mass is 10.1. The average Bonchev–Trinajstić information content (AvgIpc) is 2.84. The molecule has 0 aliphatic carbocycles. The van der Waals surface area contributed by atoms with Crippen molar-refractivity contribution in [1.82, 2.24) is 0 Å². The Morgan fingerprint density at radius 3 is 2.66 bits per heavy atom. The van der Waals surface area contributed by atoms with Gasteiger partial charge in [0.1, 0.15) is 11.6 Å². The first-order chi connectivity index (χ1) is 14.0. The lowest BCUT2D eigenvalue weighted by Gasteiger charge is -2.20. The van der Waals surface area contributed by atoms with E-state index in [1.165, 1.54) is 18.2 Å². The van der Waals surface area contributed by atoms with Crippen LogP contribution in [0.5, 0.6) is 11.5 Å². The minimum Gasteiger partial charge on any atom is -0.454 e. The molecule has 1 aliphatic heterocycles. The highest BCUT2D eigenvalue weighted by Crippen LogP contribution is 2.39. The van der Waals surface area contributed by atoms with Gasteiger partial charge in [-0.15, -0.1) is 0 Å². The first-order valence-electron chi connectivity index (χ1n) is 8.97. The number of carbonyl (C=O) groups excluding carboxylic acids is 2. The molecule has 0 saturated carbocycles. The van der Waals surface area contributed by atoms with Gasteiger partial charge in [0, 0.05) is 17.8 Å². The van der Waals surface area contributed by atoms with Gasteiger partial charge in [0.05, 0.1) is 16.3 Å². The van der Waals surface area contributed by atoms with E-state index in [2.05, 4.69) is 5.32 Å². The average molecular weight is 411 g/mol. The van der Waals surface area contributed by atoms with Crippen molar-refractivity contribution in [1.29, 1.82) is 0 Å². The molecule has 29 heavy (non-hydrogen) atoms.